The zero-order chi connectivity index (χ0) is 15.0. The Kier molecular flexibility index (Phi) is 6.41. The standard InChI is InChI=1S/C12H17N3O5/c1-19-6-7-20-5-4-14-10-8-9(12(13)16)2-3-11(10)15(17)18/h2-3,8,14H,4-7H2,1H3,(H2,13,16). The number of hydrogen-bond acceptors (Lipinski definition) is 6. The average Bonchev–Trinajstić information content (AvgIpc) is 2.42. The van der Waals surface area contributed by atoms with E-state index < -0.39 is 10.8 Å². The van der Waals surface area contributed by atoms with Crippen molar-refractivity contribution in [1.82, 2.24) is 0 Å². The van der Waals surface area contributed by atoms with E-state index in [-0.39, 0.29) is 16.9 Å². The van der Waals surface area contributed by atoms with Crippen molar-refractivity contribution in [3.8, 4) is 0 Å². The van der Waals surface area contributed by atoms with Gasteiger partial charge in [0.25, 0.3) is 5.69 Å². The molecule has 110 valence electrons. The lowest BCUT2D eigenvalue weighted by atomic mass is 10.1. The molecule has 0 aromatic heterocycles. The van der Waals surface area contributed by atoms with Gasteiger partial charge in [-0.1, -0.05) is 0 Å². The molecule has 0 spiro atoms. The number of nitrogens with two attached hydrogens (primary N) is 1. The van der Waals surface area contributed by atoms with Crippen LogP contribution in [0.25, 0.3) is 0 Å². The summed E-state index contributed by atoms with van der Waals surface area (Å²) in [6, 6.07) is 3.92. The molecular weight excluding hydrogens is 266 g/mol. The Morgan fingerprint density at radius 2 is 2.15 bits per heavy atom. The van der Waals surface area contributed by atoms with E-state index in [4.69, 9.17) is 15.2 Å². The molecule has 1 aromatic carbocycles. The fourth-order valence-corrected chi connectivity index (χ4v) is 1.49. The van der Waals surface area contributed by atoms with Crippen LogP contribution < -0.4 is 11.1 Å². The third-order valence-corrected chi connectivity index (χ3v) is 2.47. The van der Waals surface area contributed by atoms with Gasteiger partial charge in [0.05, 0.1) is 24.7 Å². The van der Waals surface area contributed by atoms with Crippen LogP contribution in [0.2, 0.25) is 0 Å². The van der Waals surface area contributed by atoms with Crippen LogP contribution in [0.3, 0.4) is 0 Å². The molecule has 1 rings (SSSR count). The Morgan fingerprint density at radius 3 is 2.75 bits per heavy atom. The first-order valence-corrected chi connectivity index (χ1v) is 5.95. The molecule has 0 bridgehead atoms. The minimum absolute atomic E-state index is 0.119. The van der Waals surface area contributed by atoms with Crippen molar-refractivity contribution in [1.29, 1.82) is 0 Å². The van der Waals surface area contributed by atoms with Gasteiger partial charge in [0.2, 0.25) is 5.91 Å². The smallest absolute Gasteiger partial charge is 0.292 e. The van der Waals surface area contributed by atoms with E-state index >= 15 is 0 Å². The molecule has 0 fully saturated rings. The molecule has 0 unspecified atom stereocenters. The van der Waals surface area contributed by atoms with Crippen LogP contribution in [-0.2, 0) is 9.47 Å². The lowest BCUT2D eigenvalue weighted by Crippen LogP contribution is -2.15. The van der Waals surface area contributed by atoms with Crippen molar-refractivity contribution in [3.05, 3.63) is 33.9 Å². The molecule has 0 saturated heterocycles. The van der Waals surface area contributed by atoms with Gasteiger partial charge >= 0.3 is 0 Å². The largest absolute Gasteiger partial charge is 0.382 e. The second-order valence-electron chi connectivity index (χ2n) is 3.89. The molecule has 1 aromatic rings. The molecule has 0 aliphatic rings. The summed E-state index contributed by atoms with van der Waals surface area (Å²) in [4.78, 5) is 21.4. The van der Waals surface area contributed by atoms with Crippen molar-refractivity contribution in [2.75, 3.05) is 38.8 Å². The summed E-state index contributed by atoms with van der Waals surface area (Å²) in [6.45, 7) is 1.66. The highest BCUT2D eigenvalue weighted by molar-refractivity contribution is 5.94. The van der Waals surface area contributed by atoms with Crippen LogP contribution in [0.15, 0.2) is 18.2 Å². The predicted molar refractivity (Wildman–Crippen MR) is 72.8 cm³/mol. The molecule has 1 amide bonds. The number of ether oxygens (including phenoxy) is 2. The van der Waals surface area contributed by atoms with Gasteiger partial charge in [-0.2, -0.15) is 0 Å². The summed E-state index contributed by atoms with van der Waals surface area (Å²) in [5.74, 6) is -0.640. The van der Waals surface area contributed by atoms with Crippen LogP contribution in [0, 0.1) is 10.1 Å². The molecule has 20 heavy (non-hydrogen) atoms. The monoisotopic (exact) mass is 283 g/mol. The number of nitrogens with one attached hydrogen (secondary N) is 1. The first-order chi connectivity index (χ1) is 9.56. The highest BCUT2D eigenvalue weighted by Crippen LogP contribution is 2.25. The number of nitrogens with zero attached hydrogens (tertiary/aromatic N) is 1. The predicted octanol–water partition coefficient (Wildman–Crippen LogP) is 0.769. The van der Waals surface area contributed by atoms with E-state index in [0.29, 0.717) is 26.4 Å². The summed E-state index contributed by atoms with van der Waals surface area (Å²) in [7, 11) is 1.57. The van der Waals surface area contributed by atoms with Gasteiger partial charge in [0, 0.05) is 25.3 Å². The molecule has 0 radical (unpaired) electrons. The van der Waals surface area contributed by atoms with E-state index in [9.17, 15) is 14.9 Å². The fourth-order valence-electron chi connectivity index (χ4n) is 1.49. The molecule has 3 N–H and O–H groups in total. The second kappa shape index (κ2) is 8.08. The van der Waals surface area contributed by atoms with Crippen LogP contribution in [0.5, 0.6) is 0 Å². The quantitative estimate of drug-likeness (QED) is 0.392. The number of hydrogen-bond donors (Lipinski definition) is 2. The molecule has 0 aliphatic heterocycles. The van der Waals surface area contributed by atoms with Crippen LogP contribution in [-0.4, -0.2) is 44.3 Å². The van der Waals surface area contributed by atoms with E-state index in [2.05, 4.69) is 5.32 Å². The minimum Gasteiger partial charge on any atom is -0.382 e. The summed E-state index contributed by atoms with van der Waals surface area (Å²) in [5, 5.41) is 13.7. The number of anilines is 1. The lowest BCUT2D eigenvalue weighted by molar-refractivity contribution is -0.384. The van der Waals surface area contributed by atoms with Gasteiger partial charge in [-0.05, 0) is 12.1 Å². The maximum absolute atomic E-state index is 11.1. The average molecular weight is 283 g/mol. The first-order valence-electron chi connectivity index (χ1n) is 5.95. The second-order valence-corrected chi connectivity index (χ2v) is 3.89. The molecular formula is C12H17N3O5. The summed E-state index contributed by atoms with van der Waals surface area (Å²) in [5.41, 5.74) is 5.47. The molecule has 8 nitrogen and oxygen atoms in total. The van der Waals surface area contributed by atoms with Crippen molar-refractivity contribution >= 4 is 17.3 Å². The van der Waals surface area contributed by atoms with Crippen molar-refractivity contribution in [3.63, 3.8) is 0 Å². The highest BCUT2D eigenvalue weighted by atomic mass is 16.6. The number of carbonyl (C=O) groups excluding carboxylic acids is 1. The number of rotatable bonds is 9. The van der Waals surface area contributed by atoms with Gasteiger partial charge in [-0.15, -0.1) is 0 Å². The maximum atomic E-state index is 11.1. The Morgan fingerprint density at radius 1 is 1.40 bits per heavy atom. The Bertz CT molecular complexity index is 478. The van der Waals surface area contributed by atoms with Gasteiger partial charge < -0.3 is 20.5 Å². The number of nitro groups is 1. The van der Waals surface area contributed by atoms with Crippen molar-refractivity contribution in [2.45, 2.75) is 0 Å². The molecule has 0 saturated carbocycles. The number of carbonyl (C=O) groups is 1. The van der Waals surface area contributed by atoms with Gasteiger partial charge in [0.15, 0.2) is 0 Å². The minimum atomic E-state index is -0.640. The summed E-state index contributed by atoms with van der Waals surface area (Å²) < 4.78 is 10.0. The summed E-state index contributed by atoms with van der Waals surface area (Å²) in [6.07, 6.45) is 0. The maximum Gasteiger partial charge on any atom is 0.292 e. The number of methoxy groups -OCH3 is 1. The third kappa shape index (κ3) is 4.82. The normalized spacial score (nSPS) is 10.2. The van der Waals surface area contributed by atoms with Crippen molar-refractivity contribution in [2.24, 2.45) is 5.73 Å². The number of amides is 1. The molecule has 0 atom stereocenters. The number of benzene rings is 1. The van der Waals surface area contributed by atoms with Gasteiger partial charge in [-0.3, -0.25) is 14.9 Å². The zero-order valence-corrected chi connectivity index (χ0v) is 11.1. The lowest BCUT2D eigenvalue weighted by Gasteiger charge is -2.08. The van der Waals surface area contributed by atoms with E-state index in [1.165, 1.54) is 18.2 Å². The highest BCUT2D eigenvalue weighted by Gasteiger charge is 2.15. The Labute approximate surface area is 116 Å². The fraction of sp³-hybridized carbons (Fsp3) is 0.417. The zero-order valence-electron chi connectivity index (χ0n) is 11.1. The van der Waals surface area contributed by atoms with E-state index in [0.717, 1.165) is 0 Å². The van der Waals surface area contributed by atoms with E-state index in [1.807, 2.05) is 0 Å². The number of nitro benzene ring substituents is 1. The summed E-state index contributed by atoms with van der Waals surface area (Å²) >= 11 is 0. The van der Waals surface area contributed by atoms with E-state index in [1.54, 1.807) is 7.11 Å². The van der Waals surface area contributed by atoms with Crippen LogP contribution in [0.1, 0.15) is 10.4 Å². The van der Waals surface area contributed by atoms with Gasteiger partial charge in [0.1, 0.15) is 5.69 Å². The molecule has 8 heteroatoms. The number of primary amides is 1. The Balaban J connectivity index is 2.63. The first kappa shape index (κ1) is 15.9. The van der Waals surface area contributed by atoms with Crippen molar-refractivity contribution < 1.29 is 19.2 Å². The van der Waals surface area contributed by atoms with Crippen LogP contribution >= 0.6 is 0 Å². The third-order valence-electron chi connectivity index (χ3n) is 2.47. The van der Waals surface area contributed by atoms with Crippen LogP contribution in [0.4, 0.5) is 11.4 Å². The molecule has 0 aliphatic carbocycles. The SMILES string of the molecule is COCCOCCNc1cc(C(N)=O)ccc1[N+](=O)[O-]. The molecule has 0 heterocycles. The topological polar surface area (TPSA) is 117 Å². The van der Waals surface area contributed by atoms with Gasteiger partial charge in [-0.25, -0.2) is 0 Å². The Hall–Kier alpha value is -2.19.